The number of aromatic nitrogens is 2. The minimum Gasteiger partial charge on any atom is -0.334 e. The molecule has 0 unspecified atom stereocenters. The summed E-state index contributed by atoms with van der Waals surface area (Å²) in [6.07, 6.45) is 13.5. The van der Waals surface area contributed by atoms with Crippen molar-refractivity contribution in [3.8, 4) is 0 Å². The van der Waals surface area contributed by atoms with Crippen molar-refractivity contribution in [2.75, 3.05) is 0 Å². The second kappa shape index (κ2) is 3.07. The molecule has 0 spiro atoms. The summed E-state index contributed by atoms with van der Waals surface area (Å²) >= 11 is 0. The second-order valence-electron chi connectivity index (χ2n) is 3.24. The average Bonchev–Trinajstić information content (AvgIpc) is 2.58. The Labute approximate surface area is 67.3 Å². The quantitative estimate of drug-likeness (QED) is 0.598. The Morgan fingerprint density at radius 2 is 2.09 bits per heavy atom. The third kappa shape index (κ3) is 1.44. The summed E-state index contributed by atoms with van der Waals surface area (Å²) in [6, 6.07) is 0.711. The van der Waals surface area contributed by atoms with Gasteiger partial charge in [-0.1, -0.05) is 19.3 Å². The molecule has 1 aromatic rings. The molecule has 0 aromatic carbocycles. The molecule has 0 saturated heterocycles. The normalized spacial score (nSPS) is 20.4. The zero-order valence-electron chi connectivity index (χ0n) is 6.66. The highest BCUT2D eigenvalue weighted by Gasteiger charge is 2.13. The van der Waals surface area contributed by atoms with Crippen molar-refractivity contribution >= 4 is 0 Å². The molecule has 1 fully saturated rings. The van der Waals surface area contributed by atoms with E-state index in [1.807, 2.05) is 12.5 Å². The zero-order chi connectivity index (χ0) is 7.52. The van der Waals surface area contributed by atoms with Gasteiger partial charge in [0.25, 0.3) is 0 Å². The number of nitrogens with zero attached hydrogens (tertiary/aromatic N) is 2. The molecule has 11 heavy (non-hydrogen) atoms. The lowest BCUT2D eigenvalue weighted by Crippen LogP contribution is -2.10. The summed E-state index contributed by atoms with van der Waals surface area (Å²) in [7, 11) is 0. The van der Waals surface area contributed by atoms with Crippen LogP contribution in [0.2, 0.25) is 0 Å². The highest BCUT2D eigenvalue weighted by atomic mass is 15.0. The van der Waals surface area contributed by atoms with Crippen LogP contribution < -0.4 is 0 Å². The molecule has 0 amide bonds. The van der Waals surface area contributed by atoms with E-state index in [9.17, 15) is 0 Å². The van der Waals surface area contributed by atoms with Crippen LogP contribution in [-0.4, -0.2) is 9.55 Å². The fourth-order valence-electron chi connectivity index (χ4n) is 1.81. The van der Waals surface area contributed by atoms with Crippen molar-refractivity contribution in [2.24, 2.45) is 0 Å². The molecule has 1 radical (unpaired) electrons. The van der Waals surface area contributed by atoms with Crippen molar-refractivity contribution < 1.29 is 0 Å². The van der Waals surface area contributed by atoms with Gasteiger partial charge in [-0.25, -0.2) is 4.98 Å². The summed E-state index contributed by atoms with van der Waals surface area (Å²) in [4.78, 5) is 3.94. The molecule has 1 aromatic heterocycles. The summed E-state index contributed by atoms with van der Waals surface area (Å²) in [5.41, 5.74) is 0. The minimum absolute atomic E-state index is 0.711. The molecule has 0 N–H and O–H groups in total. The zero-order valence-corrected chi connectivity index (χ0v) is 6.66. The monoisotopic (exact) mass is 149 g/mol. The number of hydrogen-bond acceptors (Lipinski definition) is 1. The number of imidazole rings is 1. The third-order valence-electron chi connectivity index (χ3n) is 2.47. The van der Waals surface area contributed by atoms with Gasteiger partial charge in [0.05, 0.1) is 6.33 Å². The summed E-state index contributed by atoms with van der Waals surface area (Å²) in [6.45, 7) is 0. The van der Waals surface area contributed by atoms with Crippen molar-refractivity contribution in [2.45, 2.75) is 38.1 Å². The van der Waals surface area contributed by atoms with Crippen LogP contribution in [0, 0.1) is 6.20 Å². The van der Waals surface area contributed by atoms with Crippen LogP contribution in [0.25, 0.3) is 0 Å². The molecule has 1 aliphatic carbocycles. The van der Waals surface area contributed by atoms with Crippen LogP contribution in [0.3, 0.4) is 0 Å². The predicted molar refractivity (Wildman–Crippen MR) is 43.2 cm³/mol. The Balaban J connectivity index is 2.04. The molecule has 1 heterocycles. The Kier molecular flexibility index (Phi) is 1.93. The maximum Gasteiger partial charge on any atom is 0.108 e. The van der Waals surface area contributed by atoms with Crippen LogP contribution in [-0.2, 0) is 0 Å². The van der Waals surface area contributed by atoms with E-state index in [2.05, 4.69) is 15.7 Å². The van der Waals surface area contributed by atoms with Gasteiger partial charge in [0, 0.05) is 12.2 Å². The van der Waals surface area contributed by atoms with E-state index < -0.39 is 0 Å². The van der Waals surface area contributed by atoms with Gasteiger partial charge in [-0.2, -0.15) is 0 Å². The first kappa shape index (κ1) is 6.89. The van der Waals surface area contributed by atoms with Crippen molar-refractivity contribution in [3.63, 3.8) is 0 Å². The molecular weight excluding hydrogens is 136 g/mol. The van der Waals surface area contributed by atoms with E-state index in [-0.39, 0.29) is 0 Å². The van der Waals surface area contributed by atoms with Crippen LogP contribution in [0.4, 0.5) is 0 Å². The van der Waals surface area contributed by atoms with Crippen molar-refractivity contribution in [3.05, 3.63) is 18.7 Å². The molecule has 1 aliphatic rings. The second-order valence-corrected chi connectivity index (χ2v) is 3.24. The van der Waals surface area contributed by atoms with E-state index in [0.717, 1.165) is 0 Å². The van der Waals surface area contributed by atoms with Crippen molar-refractivity contribution in [1.82, 2.24) is 9.55 Å². The third-order valence-corrected chi connectivity index (χ3v) is 2.47. The molecule has 2 nitrogen and oxygen atoms in total. The molecule has 2 rings (SSSR count). The van der Waals surface area contributed by atoms with E-state index in [1.165, 1.54) is 32.1 Å². The molecule has 59 valence electrons. The molecule has 0 aliphatic heterocycles. The van der Waals surface area contributed by atoms with E-state index in [4.69, 9.17) is 0 Å². The van der Waals surface area contributed by atoms with Crippen LogP contribution in [0.5, 0.6) is 0 Å². The predicted octanol–water partition coefficient (Wildman–Crippen LogP) is 2.19. The van der Waals surface area contributed by atoms with Crippen LogP contribution in [0.1, 0.15) is 38.1 Å². The number of rotatable bonds is 1. The van der Waals surface area contributed by atoms with E-state index in [1.54, 1.807) is 0 Å². The average molecular weight is 149 g/mol. The highest BCUT2D eigenvalue weighted by molar-refractivity contribution is 4.80. The van der Waals surface area contributed by atoms with E-state index >= 15 is 0 Å². The van der Waals surface area contributed by atoms with Gasteiger partial charge in [0.1, 0.15) is 6.20 Å². The van der Waals surface area contributed by atoms with Gasteiger partial charge in [0.15, 0.2) is 0 Å². The van der Waals surface area contributed by atoms with Gasteiger partial charge in [-0.05, 0) is 12.8 Å². The van der Waals surface area contributed by atoms with Gasteiger partial charge in [-0.15, -0.1) is 0 Å². The first-order valence-electron chi connectivity index (χ1n) is 4.36. The van der Waals surface area contributed by atoms with Gasteiger partial charge in [0.2, 0.25) is 0 Å². The lowest BCUT2D eigenvalue weighted by Gasteiger charge is -2.22. The molecule has 1 saturated carbocycles. The minimum atomic E-state index is 0.711. The number of hydrogen-bond donors (Lipinski definition) is 0. The Hall–Kier alpha value is -0.790. The Morgan fingerprint density at radius 3 is 2.73 bits per heavy atom. The first-order valence-corrected chi connectivity index (χ1v) is 4.36. The largest absolute Gasteiger partial charge is 0.334 e. The Morgan fingerprint density at radius 1 is 1.27 bits per heavy atom. The fourth-order valence-corrected chi connectivity index (χ4v) is 1.81. The summed E-state index contributed by atoms with van der Waals surface area (Å²) in [5.74, 6) is 0. The fraction of sp³-hybridized carbons (Fsp3) is 0.667. The standard InChI is InChI=1S/C9H13N2/c1-2-4-9(5-3-1)11-7-6-10-8-11/h7-9H,1-5H2. The maximum absolute atomic E-state index is 3.94. The highest BCUT2D eigenvalue weighted by Crippen LogP contribution is 2.27. The van der Waals surface area contributed by atoms with Crippen LogP contribution in [0.15, 0.2) is 12.5 Å². The molecule has 2 heteroatoms. The SMILES string of the molecule is [c]1cn(C2CCCCC2)cn1. The summed E-state index contributed by atoms with van der Waals surface area (Å²) < 4.78 is 2.19. The van der Waals surface area contributed by atoms with Gasteiger partial charge < -0.3 is 4.57 Å². The maximum atomic E-state index is 3.94. The molecule has 0 atom stereocenters. The van der Waals surface area contributed by atoms with Crippen LogP contribution >= 0.6 is 0 Å². The van der Waals surface area contributed by atoms with Gasteiger partial charge in [-0.3, -0.25) is 0 Å². The molecular formula is C9H13N2. The lowest BCUT2D eigenvalue weighted by molar-refractivity contribution is 0.353. The topological polar surface area (TPSA) is 17.8 Å². The van der Waals surface area contributed by atoms with Crippen molar-refractivity contribution in [1.29, 1.82) is 0 Å². The van der Waals surface area contributed by atoms with E-state index in [0.29, 0.717) is 6.04 Å². The lowest BCUT2D eigenvalue weighted by atomic mass is 9.95. The smallest absolute Gasteiger partial charge is 0.108 e. The molecule has 0 bridgehead atoms. The summed E-state index contributed by atoms with van der Waals surface area (Å²) in [5, 5.41) is 0. The van der Waals surface area contributed by atoms with Gasteiger partial charge >= 0.3 is 0 Å². The first-order chi connectivity index (χ1) is 5.47. The Bertz CT molecular complexity index is 197.